The van der Waals surface area contributed by atoms with Gasteiger partial charge in [-0.1, -0.05) is 12.1 Å². The molecule has 0 aliphatic carbocycles. The van der Waals surface area contributed by atoms with E-state index in [2.05, 4.69) is 4.74 Å². The number of benzene rings is 2. The van der Waals surface area contributed by atoms with Crippen LogP contribution in [0.25, 0.3) is 0 Å². The molecule has 1 aliphatic heterocycles. The van der Waals surface area contributed by atoms with Crippen molar-refractivity contribution in [3.05, 3.63) is 59.7 Å². The number of anilines is 1. The Morgan fingerprint density at radius 1 is 0.958 bits per heavy atom. The molecule has 2 aromatic rings. The number of amides is 2. The number of fused-ring (bicyclic) bond motifs is 1. The zero-order chi connectivity index (χ0) is 17.3. The fourth-order valence-corrected chi connectivity index (χ4v) is 2.52. The lowest BCUT2D eigenvalue weighted by molar-refractivity contribution is -0.147. The molecule has 2 aromatic carbocycles. The molecule has 0 saturated heterocycles. The van der Waals surface area contributed by atoms with E-state index in [1.807, 2.05) is 0 Å². The fourth-order valence-electron chi connectivity index (χ4n) is 2.52. The maximum atomic E-state index is 12.4. The van der Waals surface area contributed by atoms with Gasteiger partial charge in [0.25, 0.3) is 11.8 Å². The van der Waals surface area contributed by atoms with E-state index < -0.39 is 12.1 Å². The molecule has 3 rings (SSSR count). The van der Waals surface area contributed by atoms with Crippen molar-refractivity contribution in [2.75, 3.05) is 12.0 Å². The number of nitrogens with zero attached hydrogens (tertiary/aromatic N) is 1. The number of ether oxygens (including phenoxy) is 2. The monoisotopic (exact) mass is 325 g/mol. The van der Waals surface area contributed by atoms with Crippen LogP contribution in [0.4, 0.5) is 5.69 Å². The Morgan fingerprint density at radius 2 is 1.50 bits per heavy atom. The SMILES string of the molecule is COC(=O)[C@H](C)Oc1ccc(N2C(=O)c3ccccc3C2=O)cc1. The van der Waals surface area contributed by atoms with Gasteiger partial charge in [-0.25, -0.2) is 9.69 Å². The Morgan fingerprint density at radius 3 is 2.00 bits per heavy atom. The molecule has 0 N–H and O–H groups in total. The number of hydrogen-bond donors (Lipinski definition) is 0. The average Bonchev–Trinajstić information content (AvgIpc) is 2.86. The number of rotatable bonds is 4. The lowest BCUT2D eigenvalue weighted by Crippen LogP contribution is -2.29. The number of imide groups is 1. The molecule has 6 heteroatoms. The van der Waals surface area contributed by atoms with Gasteiger partial charge >= 0.3 is 5.97 Å². The Hall–Kier alpha value is -3.15. The maximum Gasteiger partial charge on any atom is 0.346 e. The first-order chi connectivity index (χ1) is 11.5. The highest BCUT2D eigenvalue weighted by Crippen LogP contribution is 2.29. The van der Waals surface area contributed by atoms with Gasteiger partial charge < -0.3 is 9.47 Å². The predicted molar refractivity (Wildman–Crippen MR) is 86.1 cm³/mol. The van der Waals surface area contributed by atoms with Gasteiger partial charge in [0.05, 0.1) is 23.9 Å². The molecule has 0 bridgehead atoms. The second kappa shape index (κ2) is 6.16. The molecule has 0 unspecified atom stereocenters. The summed E-state index contributed by atoms with van der Waals surface area (Å²) < 4.78 is 10.0. The summed E-state index contributed by atoms with van der Waals surface area (Å²) in [4.78, 5) is 37.3. The number of hydrogen-bond acceptors (Lipinski definition) is 5. The Balaban J connectivity index is 1.81. The average molecular weight is 325 g/mol. The van der Waals surface area contributed by atoms with Gasteiger partial charge in [0, 0.05) is 0 Å². The van der Waals surface area contributed by atoms with Crippen LogP contribution in [0.5, 0.6) is 5.75 Å². The quantitative estimate of drug-likeness (QED) is 0.637. The van der Waals surface area contributed by atoms with Crippen LogP contribution >= 0.6 is 0 Å². The lowest BCUT2D eigenvalue weighted by Gasteiger charge is -2.16. The highest BCUT2D eigenvalue weighted by Gasteiger charge is 2.36. The topological polar surface area (TPSA) is 72.9 Å². The second-order valence-electron chi connectivity index (χ2n) is 5.27. The predicted octanol–water partition coefficient (Wildman–Crippen LogP) is 2.43. The van der Waals surface area contributed by atoms with Crippen molar-refractivity contribution in [3.63, 3.8) is 0 Å². The molecule has 1 heterocycles. The van der Waals surface area contributed by atoms with E-state index in [-0.39, 0.29) is 11.8 Å². The molecule has 0 radical (unpaired) electrons. The first kappa shape index (κ1) is 15.7. The van der Waals surface area contributed by atoms with Gasteiger partial charge in [-0.3, -0.25) is 9.59 Å². The lowest BCUT2D eigenvalue weighted by atomic mass is 10.1. The second-order valence-corrected chi connectivity index (χ2v) is 5.27. The molecule has 1 aliphatic rings. The van der Waals surface area contributed by atoms with Gasteiger partial charge in [-0.15, -0.1) is 0 Å². The summed E-state index contributed by atoms with van der Waals surface area (Å²) in [6.45, 7) is 1.57. The van der Waals surface area contributed by atoms with Crippen LogP contribution in [0.3, 0.4) is 0 Å². The number of methoxy groups -OCH3 is 1. The molecule has 24 heavy (non-hydrogen) atoms. The van der Waals surface area contributed by atoms with Crippen LogP contribution in [0.1, 0.15) is 27.6 Å². The maximum absolute atomic E-state index is 12.4. The first-order valence-corrected chi connectivity index (χ1v) is 7.35. The van der Waals surface area contributed by atoms with Crippen LogP contribution in [0.2, 0.25) is 0 Å². The molecular weight excluding hydrogens is 310 g/mol. The van der Waals surface area contributed by atoms with E-state index in [9.17, 15) is 14.4 Å². The largest absolute Gasteiger partial charge is 0.479 e. The molecule has 122 valence electrons. The summed E-state index contributed by atoms with van der Waals surface area (Å²) in [5.41, 5.74) is 1.23. The molecule has 2 amide bonds. The van der Waals surface area contributed by atoms with Crippen molar-refractivity contribution in [2.24, 2.45) is 0 Å². The minimum Gasteiger partial charge on any atom is -0.479 e. The van der Waals surface area contributed by atoms with Gasteiger partial charge in [0.15, 0.2) is 6.10 Å². The Bertz CT molecular complexity index is 777. The molecule has 0 fully saturated rings. The molecule has 0 saturated carbocycles. The minimum atomic E-state index is -0.750. The van der Waals surface area contributed by atoms with Gasteiger partial charge in [0.2, 0.25) is 0 Å². The summed E-state index contributed by atoms with van der Waals surface area (Å²) in [5, 5.41) is 0. The zero-order valence-electron chi connectivity index (χ0n) is 13.2. The van der Waals surface area contributed by atoms with Crippen molar-refractivity contribution >= 4 is 23.5 Å². The van der Waals surface area contributed by atoms with Gasteiger partial charge in [-0.2, -0.15) is 0 Å². The molecule has 0 aromatic heterocycles. The summed E-state index contributed by atoms with van der Waals surface area (Å²) in [7, 11) is 1.29. The first-order valence-electron chi connectivity index (χ1n) is 7.35. The zero-order valence-corrected chi connectivity index (χ0v) is 13.2. The standard InChI is InChI=1S/C18H15NO5/c1-11(18(22)23-2)24-13-9-7-12(8-10-13)19-16(20)14-5-3-4-6-15(14)17(19)21/h3-11H,1-2H3/t11-/m0/s1. The van der Waals surface area contributed by atoms with Crippen LogP contribution in [-0.2, 0) is 9.53 Å². The third kappa shape index (κ3) is 2.62. The third-order valence-electron chi connectivity index (χ3n) is 3.73. The fraction of sp³-hybridized carbons (Fsp3) is 0.167. The van der Waals surface area contributed by atoms with Crippen molar-refractivity contribution in [3.8, 4) is 5.75 Å². The van der Waals surface area contributed by atoms with Crippen LogP contribution in [0, 0.1) is 0 Å². The van der Waals surface area contributed by atoms with Crippen LogP contribution < -0.4 is 9.64 Å². The molecule has 0 spiro atoms. The highest BCUT2D eigenvalue weighted by molar-refractivity contribution is 6.34. The van der Waals surface area contributed by atoms with E-state index in [4.69, 9.17) is 4.74 Å². The molecular formula is C18H15NO5. The van der Waals surface area contributed by atoms with E-state index in [0.717, 1.165) is 4.90 Å². The molecule has 6 nitrogen and oxygen atoms in total. The van der Waals surface area contributed by atoms with Crippen molar-refractivity contribution in [1.29, 1.82) is 0 Å². The van der Waals surface area contributed by atoms with E-state index in [1.54, 1.807) is 55.5 Å². The summed E-state index contributed by atoms with van der Waals surface area (Å²) in [6.07, 6.45) is -0.750. The minimum absolute atomic E-state index is 0.354. The Kier molecular flexibility index (Phi) is 4.04. The van der Waals surface area contributed by atoms with Crippen molar-refractivity contribution < 1.29 is 23.9 Å². The number of carbonyl (C=O) groups excluding carboxylic acids is 3. The summed E-state index contributed by atoms with van der Waals surface area (Å²) >= 11 is 0. The number of carbonyl (C=O) groups is 3. The van der Waals surface area contributed by atoms with E-state index in [0.29, 0.717) is 22.6 Å². The highest BCUT2D eigenvalue weighted by atomic mass is 16.6. The Labute approximate surface area is 138 Å². The van der Waals surface area contributed by atoms with Crippen molar-refractivity contribution in [2.45, 2.75) is 13.0 Å². The third-order valence-corrected chi connectivity index (χ3v) is 3.73. The van der Waals surface area contributed by atoms with Crippen molar-refractivity contribution in [1.82, 2.24) is 0 Å². The molecule has 1 atom stereocenters. The van der Waals surface area contributed by atoms with Gasteiger partial charge in [-0.05, 0) is 43.3 Å². The van der Waals surface area contributed by atoms with Crippen LogP contribution in [0.15, 0.2) is 48.5 Å². The normalized spacial score (nSPS) is 14.3. The van der Waals surface area contributed by atoms with E-state index >= 15 is 0 Å². The smallest absolute Gasteiger partial charge is 0.346 e. The van der Waals surface area contributed by atoms with Gasteiger partial charge in [0.1, 0.15) is 5.75 Å². The summed E-state index contributed by atoms with van der Waals surface area (Å²) in [6, 6.07) is 13.1. The van der Waals surface area contributed by atoms with E-state index in [1.165, 1.54) is 7.11 Å². The van der Waals surface area contributed by atoms with Crippen LogP contribution in [-0.4, -0.2) is 31.0 Å². The summed E-state index contributed by atoms with van der Waals surface area (Å²) in [5.74, 6) is -0.757. The number of esters is 1.